The maximum absolute atomic E-state index is 5.49. The zero-order chi connectivity index (χ0) is 8.39. The van der Waals surface area contributed by atoms with E-state index in [2.05, 4.69) is 11.1 Å². The van der Waals surface area contributed by atoms with Crippen LogP contribution in [0.5, 0.6) is 0 Å². The van der Waals surface area contributed by atoms with Crippen molar-refractivity contribution in [2.75, 3.05) is 0 Å². The van der Waals surface area contributed by atoms with Crippen molar-refractivity contribution in [3.05, 3.63) is 22.2 Å². The molecule has 64 valence electrons. The zero-order valence-electron chi connectivity index (χ0n) is 6.92. The Morgan fingerprint density at radius 1 is 1.58 bits per heavy atom. The Bertz CT molecular complexity index is 301. The Morgan fingerprint density at radius 2 is 2.50 bits per heavy atom. The van der Waals surface area contributed by atoms with Crippen LogP contribution in [0.1, 0.15) is 29.1 Å². The fourth-order valence-electron chi connectivity index (χ4n) is 1.45. The van der Waals surface area contributed by atoms with E-state index in [4.69, 9.17) is 5.73 Å². The van der Waals surface area contributed by atoms with Crippen LogP contribution in [-0.2, 0) is 6.54 Å². The van der Waals surface area contributed by atoms with E-state index in [1.165, 1.54) is 29.7 Å². The van der Waals surface area contributed by atoms with Gasteiger partial charge >= 0.3 is 0 Å². The molecule has 0 aliphatic heterocycles. The van der Waals surface area contributed by atoms with E-state index in [-0.39, 0.29) is 0 Å². The largest absolute Gasteiger partial charge is 0.325 e. The molecule has 1 heterocycles. The van der Waals surface area contributed by atoms with E-state index >= 15 is 0 Å². The van der Waals surface area contributed by atoms with Crippen molar-refractivity contribution in [3.8, 4) is 0 Å². The van der Waals surface area contributed by atoms with Crippen LogP contribution in [0.4, 0.5) is 0 Å². The number of rotatable bonds is 2. The second-order valence-electron chi connectivity index (χ2n) is 2.94. The molecule has 2 rings (SSSR count). The van der Waals surface area contributed by atoms with Gasteiger partial charge in [0.1, 0.15) is 5.01 Å². The SMILES string of the molecule is NCc1ncc(C2=CCCC2)s1. The lowest BCUT2D eigenvalue weighted by atomic mass is 10.2. The fraction of sp³-hybridized carbons (Fsp3) is 0.444. The minimum atomic E-state index is 0.567. The van der Waals surface area contributed by atoms with Crippen molar-refractivity contribution in [1.82, 2.24) is 4.98 Å². The number of nitrogens with zero attached hydrogens (tertiary/aromatic N) is 1. The summed E-state index contributed by atoms with van der Waals surface area (Å²) in [5.74, 6) is 0. The van der Waals surface area contributed by atoms with Crippen molar-refractivity contribution < 1.29 is 0 Å². The molecule has 1 aliphatic carbocycles. The first-order valence-corrected chi connectivity index (χ1v) is 5.06. The lowest BCUT2D eigenvalue weighted by molar-refractivity contribution is 0.936. The smallest absolute Gasteiger partial charge is 0.107 e. The van der Waals surface area contributed by atoms with Crippen LogP contribution in [0.15, 0.2) is 12.3 Å². The van der Waals surface area contributed by atoms with E-state index in [1.54, 1.807) is 11.3 Å². The molecule has 1 aromatic heterocycles. The summed E-state index contributed by atoms with van der Waals surface area (Å²) in [6.07, 6.45) is 8.00. The first-order valence-electron chi connectivity index (χ1n) is 4.24. The van der Waals surface area contributed by atoms with Gasteiger partial charge < -0.3 is 5.73 Å². The van der Waals surface area contributed by atoms with Crippen LogP contribution in [0.3, 0.4) is 0 Å². The molecular formula is C9H12N2S. The van der Waals surface area contributed by atoms with E-state index < -0.39 is 0 Å². The van der Waals surface area contributed by atoms with Gasteiger partial charge in [0, 0.05) is 12.7 Å². The lowest BCUT2D eigenvalue weighted by Crippen LogP contribution is -1.93. The average Bonchev–Trinajstić information content (AvgIpc) is 2.75. The van der Waals surface area contributed by atoms with E-state index in [9.17, 15) is 0 Å². The third kappa shape index (κ3) is 1.42. The van der Waals surface area contributed by atoms with Gasteiger partial charge in [-0.25, -0.2) is 4.98 Å². The van der Waals surface area contributed by atoms with Crippen LogP contribution < -0.4 is 5.73 Å². The molecule has 1 aromatic rings. The highest BCUT2D eigenvalue weighted by molar-refractivity contribution is 7.12. The third-order valence-corrected chi connectivity index (χ3v) is 3.18. The second kappa shape index (κ2) is 3.37. The Balaban J connectivity index is 2.22. The first kappa shape index (κ1) is 7.95. The molecule has 0 amide bonds. The van der Waals surface area contributed by atoms with Gasteiger partial charge in [-0.2, -0.15) is 0 Å². The number of allylic oxidation sites excluding steroid dienone is 2. The van der Waals surface area contributed by atoms with Gasteiger partial charge in [0.05, 0.1) is 4.88 Å². The van der Waals surface area contributed by atoms with Gasteiger partial charge in [0.25, 0.3) is 0 Å². The zero-order valence-corrected chi connectivity index (χ0v) is 7.73. The first-order chi connectivity index (χ1) is 5.90. The predicted molar refractivity (Wildman–Crippen MR) is 51.8 cm³/mol. The molecule has 12 heavy (non-hydrogen) atoms. The molecule has 0 atom stereocenters. The van der Waals surface area contributed by atoms with Gasteiger partial charge in [-0.3, -0.25) is 0 Å². The quantitative estimate of drug-likeness (QED) is 0.757. The van der Waals surface area contributed by atoms with Gasteiger partial charge in [-0.1, -0.05) is 6.08 Å². The second-order valence-corrected chi connectivity index (χ2v) is 4.06. The van der Waals surface area contributed by atoms with Crippen LogP contribution >= 0.6 is 11.3 Å². The number of hydrogen-bond acceptors (Lipinski definition) is 3. The fourth-order valence-corrected chi connectivity index (χ4v) is 2.31. The summed E-state index contributed by atoms with van der Waals surface area (Å²) >= 11 is 1.73. The van der Waals surface area contributed by atoms with E-state index in [1.807, 2.05) is 6.20 Å². The van der Waals surface area contributed by atoms with Gasteiger partial charge in [-0.15, -0.1) is 11.3 Å². The molecule has 0 spiro atoms. The number of aromatic nitrogens is 1. The predicted octanol–water partition coefficient (Wildman–Crippen LogP) is 2.17. The summed E-state index contributed by atoms with van der Waals surface area (Å²) in [6, 6.07) is 0. The lowest BCUT2D eigenvalue weighted by Gasteiger charge is -1.93. The van der Waals surface area contributed by atoms with Crippen molar-refractivity contribution in [2.45, 2.75) is 25.8 Å². The third-order valence-electron chi connectivity index (χ3n) is 2.09. The molecular weight excluding hydrogens is 168 g/mol. The average molecular weight is 180 g/mol. The summed E-state index contributed by atoms with van der Waals surface area (Å²) in [7, 11) is 0. The Morgan fingerprint density at radius 3 is 3.08 bits per heavy atom. The summed E-state index contributed by atoms with van der Waals surface area (Å²) in [5, 5.41) is 1.04. The van der Waals surface area contributed by atoms with Crippen LogP contribution in [0, 0.1) is 0 Å². The molecule has 0 saturated heterocycles. The highest BCUT2D eigenvalue weighted by Crippen LogP contribution is 2.30. The van der Waals surface area contributed by atoms with Crippen molar-refractivity contribution in [3.63, 3.8) is 0 Å². The molecule has 0 aromatic carbocycles. The van der Waals surface area contributed by atoms with Gasteiger partial charge in [-0.05, 0) is 24.8 Å². The Hall–Kier alpha value is -0.670. The molecule has 0 bridgehead atoms. The van der Waals surface area contributed by atoms with Gasteiger partial charge in [0.15, 0.2) is 0 Å². The molecule has 0 radical (unpaired) electrons. The highest BCUT2D eigenvalue weighted by atomic mass is 32.1. The number of thiazole rings is 1. The summed E-state index contributed by atoms with van der Waals surface area (Å²) < 4.78 is 0. The van der Waals surface area contributed by atoms with Crippen molar-refractivity contribution in [2.24, 2.45) is 5.73 Å². The molecule has 3 heteroatoms. The van der Waals surface area contributed by atoms with Crippen LogP contribution in [-0.4, -0.2) is 4.98 Å². The normalized spacial score (nSPS) is 16.6. The standard InChI is InChI=1S/C9H12N2S/c10-5-9-11-6-8(12-9)7-3-1-2-4-7/h3,6H,1-2,4-5,10H2. The Kier molecular flexibility index (Phi) is 2.23. The molecule has 2 nitrogen and oxygen atoms in total. The minimum absolute atomic E-state index is 0.567. The summed E-state index contributed by atoms with van der Waals surface area (Å²) in [5.41, 5.74) is 6.96. The number of nitrogens with two attached hydrogens (primary N) is 1. The van der Waals surface area contributed by atoms with Crippen LogP contribution in [0.25, 0.3) is 5.57 Å². The van der Waals surface area contributed by atoms with Crippen LogP contribution in [0.2, 0.25) is 0 Å². The molecule has 0 saturated carbocycles. The van der Waals surface area contributed by atoms with E-state index in [0.29, 0.717) is 6.54 Å². The summed E-state index contributed by atoms with van der Waals surface area (Å²) in [4.78, 5) is 5.54. The van der Waals surface area contributed by atoms with Gasteiger partial charge in [0.2, 0.25) is 0 Å². The molecule has 1 aliphatic rings. The van der Waals surface area contributed by atoms with E-state index in [0.717, 1.165) is 5.01 Å². The monoisotopic (exact) mass is 180 g/mol. The minimum Gasteiger partial charge on any atom is -0.325 e. The molecule has 0 fully saturated rings. The molecule has 0 unspecified atom stereocenters. The Labute approximate surface area is 76.1 Å². The molecule has 2 N–H and O–H groups in total. The maximum Gasteiger partial charge on any atom is 0.107 e. The van der Waals surface area contributed by atoms with Crippen molar-refractivity contribution in [1.29, 1.82) is 0 Å². The highest BCUT2D eigenvalue weighted by Gasteiger charge is 2.09. The summed E-state index contributed by atoms with van der Waals surface area (Å²) in [6.45, 7) is 0.567. The number of hydrogen-bond donors (Lipinski definition) is 1. The van der Waals surface area contributed by atoms with Crippen molar-refractivity contribution >= 4 is 16.9 Å². The maximum atomic E-state index is 5.49. The topological polar surface area (TPSA) is 38.9 Å².